The van der Waals surface area contributed by atoms with Crippen molar-refractivity contribution in [3.63, 3.8) is 0 Å². The van der Waals surface area contributed by atoms with Crippen LogP contribution in [0.4, 0.5) is 5.69 Å². The zero-order chi connectivity index (χ0) is 21.8. The maximum Gasteiger partial charge on any atom is 0.234 e. The summed E-state index contributed by atoms with van der Waals surface area (Å²) in [4.78, 5) is 12.4. The molecular weight excluding hydrogens is 455 g/mol. The van der Waals surface area contributed by atoms with Gasteiger partial charge in [0.2, 0.25) is 5.91 Å². The predicted octanol–water partition coefficient (Wildman–Crippen LogP) is 5.93. The Labute approximate surface area is 193 Å². The number of aromatic nitrogens is 3. The zero-order valence-corrected chi connectivity index (χ0v) is 18.8. The second-order valence-corrected chi connectivity index (χ2v) is 8.56. The minimum atomic E-state index is -0.187. The minimum absolute atomic E-state index is 0.157. The van der Waals surface area contributed by atoms with E-state index in [1.165, 1.54) is 11.8 Å². The van der Waals surface area contributed by atoms with E-state index in [2.05, 4.69) is 15.5 Å². The van der Waals surface area contributed by atoms with Crippen LogP contribution in [0.25, 0.3) is 11.4 Å². The van der Waals surface area contributed by atoms with Crippen molar-refractivity contribution >= 4 is 46.6 Å². The molecule has 0 saturated heterocycles. The van der Waals surface area contributed by atoms with Crippen molar-refractivity contribution in [1.82, 2.24) is 14.8 Å². The van der Waals surface area contributed by atoms with Gasteiger partial charge in [0.1, 0.15) is 5.76 Å². The van der Waals surface area contributed by atoms with Crippen molar-refractivity contribution in [3.8, 4) is 11.4 Å². The van der Waals surface area contributed by atoms with Crippen LogP contribution in [0.3, 0.4) is 0 Å². The molecule has 9 heteroatoms. The molecule has 2 aromatic heterocycles. The molecule has 0 spiro atoms. The number of benzene rings is 2. The Morgan fingerprint density at radius 1 is 1.10 bits per heavy atom. The summed E-state index contributed by atoms with van der Waals surface area (Å²) in [6.07, 6.45) is 1.63. The molecule has 0 bridgehead atoms. The van der Waals surface area contributed by atoms with Gasteiger partial charge in [0.25, 0.3) is 0 Å². The Kier molecular flexibility index (Phi) is 6.65. The van der Waals surface area contributed by atoms with E-state index in [1.807, 2.05) is 47.9 Å². The van der Waals surface area contributed by atoms with Crippen molar-refractivity contribution in [2.45, 2.75) is 18.6 Å². The van der Waals surface area contributed by atoms with E-state index >= 15 is 0 Å². The molecule has 2 heterocycles. The number of hydrogen-bond acceptors (Lipinski definition) is 5. The summed E-state index contributed by atoms with van der Waals surface area (Å²) in [5, 5.41) is 13.0. The maximum absolute atomic E-state index is 12.4. The molecule has 158 valence electrons. The van der Waals surface area contributed by atoms with E-state index in [1.54, 1.807) is 24.5 Å². The summed E-state index contributed by atoms with van der Waals surface area (Å²) in [6.45, 7) is 2.49. The first-order chi connectivity index (χ1) is 15.0. The predicted molar refractivity (Wildman–Crippen MR) is 124 cm³/mol. The van der Waals surface area contributed by atoms with Crippen molar-refractivity contribution in [2.75, 3.05) is 11.1 Å². The summed E-state index contributed by atoms with van der Waals surface area (Å²) in [7, 11) is 0. The molecule has 2 aromatic carbocycles. The Bertz CT molecular complexity index is 1210. The molecule has 0 radical (unpaired) electrons. The highest BCUT2D eigenvalue weighted by Crippen LogP contribution is 2.27. The Hall–Kier alpha value is -2.74. The zero-order valence-electron chi connectivity index (χ0n) is 16.5. The van der Waals surface area contributed by atoms with Gasteiger partial charge in [-0.15, -0.1) is 10.2 Å². The third-order valence-electron chi connectivity index (χ3n) is 4.42. The van der Waals surface area contributed by atoms with E-state index in [9.17, 15) is 4.79 Å². The largest absolute Gasteiger partial charge is 0.467 e. The van der Waals surface area contributed by atoms with E-state index in [4.69, 9.17) is 27.6 Å². The number of aryl methyl sites for hydroxylation is 1. The second kappa shape index (κ2) is 9.60. The molecule has 1 amide bonds. The molecule has 4 rings (SSSR count). The lowest BCUT2D eigenvalue weighted by atomic mass is 10.1. The summed E-state index contributed by atoms with van der Waals surface area (Å²) in [6, 6.07) is 16.7. The van der Waals surface area contributed by atoms with Gasteiger partial charge in [0, 0.05) is 11.3 Å². The molecule has 0 saturated carbocycles. The van der Waals surface area contributed by atoms with Crippen LogP contribution in [-0.4, -0.2) is 26.4 Å². The smallest absolute Gasteiger partial charge is 0.234 e. The van der Waals surface area contributed by atoms with Crippen LogP contribution in [0.5, 0.6) is 0 Å². The molecule has 0 aliphatic heterocycles. The van der Waals surface area contributed by atoms with Crippen molar-refractivity contribution in [3.05, 3.63) is 82.2 Å². The summed E-state index contributed by atoms with van der Waals surface area (Å²) in [5.41, 5.74) is 2.66. The van der Waals surface area contributed by atoms with E-state index < -0.39 is 0 Å². The highest BCUT2D eigenvalue weighted by atomic mass is 35.5. The molecule has 0 atom stereocenters. The molecule has 0 aliphatic carbocycles. The highest BCUT2D eigenvalue weighted by Gasteiger charge is 2.17. The third-order valence-corrected chi connectivity index (χ3v) is 6.13. The van der Waals surface area contributed by atoms with Crippen LogP contribution in [0.15, 0.2) is 70.4 Å². The monoisotopic (exact) mass is 472 g/mol. The lowest BCUT2D eigenvalue weighted by Gasteiger charge is -2.10. The number of furan rings is 1. The number of thioether (sulfide) groups is 1. The third kappa shape index (κ3) is 5.31. The molecule has 0 unspecified atom stereocenters. The SMILES string of the molecule is Cc1cccc(-c2nnc(SCC(=O)Nc3ccc(Cl)c(Cl)c3)n2Cc2ccco2)c1. The van der Waals surface area contributed by atoms with E-state index in [0.29, 0.717) is 33.3 Å². The summed E-state index contributed by atoms with van der Waals surface area (Å²) < 4.78 is 7.46. The topological polar surface area (TPSA) is 73.0 Å². The Balaban J connectivity index is 1.53. The first-order valence-corrected chi connectivity index (χ1v) is 11.1. The van der Waals surface area contributed by atoms with Crippen molar-refractivity contribution in [2.24, 2.45) is 0 Å². The fourth-order valence-corrected chi connectivity index (χ4v) is 4.03. The molecule has 31 heavy (non-hydrogen) atoms. The van der Waals surface area contributed by atoms with Crippen molar-refractivity contribution < 1.29 is 9.21 Å². The summed E-state index contributed by atoms with van der Waals surface area (Å²) >= 11 is 13.2. The average Bonchev–Trinajstić information content (AvgIpc) is 3.40. The van der Waals surface area contributed by atoms with Crippen LogP contribution in [-0.2, 0) is 11.3 Å². The first kappa shape index (κ1) is 21.5. The van der Waals surface area contributed by atoms with E-state index in [0.717, 1.165) is 16.9 Å². The van der Waals surface area contributed by atoms with Crippen LogP contribution in [0.1, 0.15) is 11.3 Å². The minimum Gasteiger partial charge on any atom is -0.467 e. The van der Waals surface area contributed by atoms with Gasteiger partial charge in [0.05, 0.1) is 28.6 Å². The Morgan fingerprint density at radius 3 is 2.71 bits per heavy atom. The quantitative estimate of drug-likeness (QED) is 0.337. The number of rotatable bonds is 7. The van der Waals surface area contributed by atoms with E-state index in [-0.39, 0.29) is 11.7 Å². The number of anilines is 1. The summed E-state index contributed by atoms with van der Waals surface area (Å²) in [5.74, 6) is 1.46. The van der Waals surface area contributed by atoms with Crippen LogP contribution >= 0.6 is 35.0 Å². The van der Waals surface area contributed by atoms with Gasteiger partial charge in [-0.3, -0.25) is 9.36 Å². The lowest BCUT2D eigenvalue weighted by molar-refractivity contribution is -0.113. The van der Waals surface area contributed by atoms with Gasteiger partial charge in [0.15, 0.2) is 11.0 Å². The number of nitrogens with zero attached hydrogens (tertiary/aromatic N) is 3. The van der Waals surface area contributed by atoms with Gasteiger partial charge in [-0.1, -0.05) is 58.7 Å². The number of hydrogen-bond donors (Lipinski definition) is 1. The molecule has 0 fully saturated rings. The number of carbonyl (C=O) groups is 1. The lowest BCUT2D eigenvalue weighted by Crippen LogP contribution is -2.14. The number of halogens is 2. The number of carbonyl (C=O) groups excluding carboxylic acids is 1. The van der Waals surface area contributed by atoms with Gasteiger partial charge < -0.3 is 9.73 Å². The molecular formula is C22H18Cl2N4O2S. The van der Waals surface area contributed by atoms with Crippen LogP contribution < -0.4 is 5.32 Å². The van der Waals surface area contributed by atoms with Gasteiger partial charge in [-0.25, -0.2) is 0 Å². The molecule has 0 aliphatic rings. The average molecular weight is 473 g/mol. The van der Waals surface area contributed by atoms with Crippen LogP contribution in [0, 0.1) is 6.92 Å². The molecule has 6 nitrogen and oxygen atoms in total. The number of nitrogens with one attached hydrogen (secondary N) is 1. The number of amides is 1. The molecule has 1 N–H and O–H groups in total. The van der Waals surface area contributed by atoms with Gasteiger partial charge in [-0.05, 0) is 43.3 Å². The first-order valence-electron chi connectivity index (χ1n) is 9.40. The fourth-order valence-electron chi connectivity index (χ4n) is 3.00. The van der Waals surface area contributed by atoms with Crippen LogP contribution in [0.2, 0.25) is 10.0 Å². The fraction of sp³-hybridized carbons (Fsp3) is 0.136. The van der Waals surface area contributed by atoms with Gasteiger partial charge >= 0.3 is 0 Å². The highest BCUT2D eigenvalue weighted by molar-refractivity contribution is 7.99. The van der Waals surface area contributed by atoms with Gasteiger partial charge in [-0.2, -0.15) is 0 Å². The normalized spacial score (nSPS) is 10.9. The van der Waals surface area contributed by atoms with Crippen molar-refractivity contribution in [1.29, 1.82) is 0 Å². The second-order valence-electron chi connectivity index (χ2n) is 6.81. The molecule has 4 aromatic rings. The standard InChI is InChI=1S/C22H18Cl2N4O2S/c1-14-4-2-5-15(10-14)21-26-27-22(28(21)12-17-6-3-9-30-17)31-13-20(29)25-16-7-8-18(23)19(24)11-16/h2-11H,12-13H2,1H3,(H,25,29). The maximum atomic E-state index is 12.4. The Morgan fingerprint density at radius 2 is 1.97 bits per heavy atom.